The Kier molecular flexibility index (Phi) is 3.43. The van der Waals surface area contributed by atoms with Gasteiger partial charge in [-0.15, -0.1) is 0 Å². The van der Waals surface area contributed by atoms with Gasteiger partial charge in [-0.2, -0.15) is 0 Å². The summed E-state index contributed by atoms with van der Waals surface area (Å²) >= 11 is 0. The van der Waals surface area contributed by atoms with E-state index in [4.69, 9.17) is 9.47 Å². The van der Waals surface area contributed by atoms with Gasteiger partial charge in [0.05, 0.1) is 11.8 Å². The fourth-order valence-electron chi connectivity index (χ4n) is 2.60. The number of aromatic nitrogens is 2. The number of ether oxygens (including phenoxy) is 2. The third kappa shape index (κ3) is 2.47. The second kappa shape index (κ2) is 5.20. The topological polar surface area (TPSA) is 56.3 Å². The van der Waals surface area contributed by atoms with Crippen LogP contribution in [0.5, 0.6) is 5.88 Å². The zero-order chi connectivity index (χ0) is 12.4. The first-order valence-electron chi connectivity index (χ1n) is 6.64. The van der Waals surface area contributed by atoms with Gasteiger partial charge in [-0.3, -0.25) is 0 Å². The van der Waals surface area contributed by atoms with Gasteiger partial charge in [0.25, 0.3) is 0 Å². The van der Waals surface area contributed by atoms with Gasteiger partial charge in [0.2, 0.25) is 5.88 Å². The Morgan fingerprint density at radius 1 is 1.39 bits per heavy atom. The Bertz CT molecular complexity index is 425. The van der Waals surface area contributed by atoms with Crippen molar-refractivity contribution in [1.82, 2.24) is 15.3 Å². The lowest BCUT2D eigenvalue weighted by atomic mass is 10.2. The van der Waals surface area contributed by atoms with Crippen molar-refractivity contribution in [3.8, 4) is 5.88 Å². The van der Waals surface area contributed by atoms with Crippen molar-refractivity contribution >= 4 is 0 Å². The van der Waals surface area contributed by atoms with E-state index in [1.807, 2.05) is 0 Å². The van der Waals surface area contributed by atoms with E-state index < -0.39 is 0 Å². The van der Waals surface area contributed by atoms with E-state index in [-0.39, 0.29) is 12.2 Å². The number of hydrogen-bond acceptors (Lipinski definition) is 5. The Labute approximate surface area is 107 Å². The summed E-state index contributed by atoms with van der Waals surface area (Å²) < 4.78 is 11.6. The molecular formula is C13H19N3O2. The van der Waals surface area contributed by atoms with Crippen LogP contribution in [0.4, 0.5) is 0 Å². The molecule has 1 aliphatic heterocycles. The van der Waals surface area contributed by atoms with Gasteiger partial charge in [-0.05, 0) is 26.2 Å². The van der Waals surface area contributed by atoms with Crippen LogP contribution in [0.25, 0.3) is 0 Å². The minimum Gasteiger partial charge on any atom is -0.475 e. The molecule has 0 amide bonds. The number of hydrogen-bond donors (Lipinski definition) is 1. The van der Waals surface area contributed by atoms with Crippen molar-refractivity contribution in [2.75, 3.05) is 19.7 Å². The van der Waals surface area contributed by atoms with Crippen LogP contribution in [0.3, 0.4) is 0 Å². The van der Waals surface area contributed by atoms with E-state index in [2.05, 4.69) is 22.2 Å². The van der Waals surface area contributed by atoms with Gasteiger partial charge in [0.15, 0.2) is 0 Å². The zero-order valence-corrected chi connectivity index (χ0v) is 10.7. The summed E-state index contributed by atoms with van der Waals surface area (Å²) in [6.45, 7) is 4.39. The van der Waals surface area contributed by atoms with Crippen LogP contribution in [0.15, 0.2) is 6.33 Å². The normalized spacial score (nSPS) is 26.9. The average molecular weight is 249 g/mol. The van der Waals surface area contributed by atoms with Gasteiger partial charge in [-0.1, -0.05) is 0 Å². The molecule has 18 heavy (non-hydrogen) atoms. The Morgan fingerprint density at radius 2 is 2.33 bits per heavy atom. The summed E-state index contributed by atoms with van der Waals surface area (Å²) in [6, 6.07) is 0. The molecular weight excluding hydrogens is 230 g/mol. The molecule has 5 nitrogen and oxygen atoms in total. The first-order chi connectivity index (χ1) is 8.83. The molecule has 1 saturated heterocycles. The minimum absolute atomic E-state index is 0.112. The zero-order valence-electron chi connectivity index (χ0n) is 10.7. The fourth-order valence-corrected chi connectivity index (χ4v) is 2.60. The molecule has 1 aromatic heterocycles. The van der Waals surface area contributed by atoms with Gasteiger partial charge in [0, 0.05) is 18.7 Å². The smallest absolute Gasteiger partial charge is 0.219 e. The molecule has 1 N–H and O–H groups in total. The van der Waals surface area contributed by atoms with Crippen LogP contribution in [-0.2, 0) is 17.6 Å². The maximum Gasteiger partial charge on any atom is 0.219 e. The van der Waals surface area contributed by atoms with Gasteiger partial charge >= 0.3 is 0 Å². The first-order valence-corrected chi connectivity index (χ1v) is 6.64. The molecule has 2 heterocycles. The number of fused-ring (bicyclic) bond motifs is 1. The molecule has 1 aliphatic carbocycles. The number of aryl methyl sites for hydroxylation is 1. The van der Waals surface area contributed by atoms with Crippen LogP contribution in [0.2, 0.25) is 0 Å². The number of rotatable bonds is 3. The number of morpholine rings is 1. The minimum atomic E-state index is 0.112. The molecule has 2 atom stereocenters. The molecule has 1 fully saturated rings. The molecule has 2 aliphatic rings. The monoisotopic (exact) mass is 249 g/mol. The SMILES string of the molecule is CC1CNCC(COc2ncnc3c2CCC3)O1. The maximum atomic E-state index is 5.82. The standard InChI is InChI=1S/C13H19N3O2/c1-9-5-14-6-10(18-9)7-17-13-11-3-2-4-12(11)15-8-16-13/h8-10,14H,2-7H2,1H3. The summed E-state index contributed by atoms with van der Waals surface area (Å²) in [4.78, 5) is 8.54. The van der Waals surface area contributed by atoms with E-state index in [1.54, 1.807) is 6.33 Å². The van der Waals surface area contributed by atoms with Crippen molar-refractivity contribution in [2.24, 2.45) is 0 Å². The van der Waals surface area contributed by atoms with Gasteiger partial charge < -0.3 is 14.8 Å². The summed E-state index contributed by atoms with van der Waals surface area (Å²) in [5.74, 6) is 0.749. The average Bonchev–Trinajstić information content (AvgIpc) is 2.85. The number of nitrogens with zero attached hydrogens (tertiary/aromatic N) is 2. The van der Waals surface area contributed by atoms with Crippen LogP contribution >= 0.6 is 0 Å². The fraction of sp³-hybridized carbons (Fsp3) is 0.692. The Morgan fingerprint density at radius 3 is 3.22 bits per heavy atom. The van der Waals surface area contributed by atoms with Crippen molar-refractivity contribution in [3.63, 3.8) is 0 Å². The predicted octanol–water partition coefficient (Wildman–Crippen LogP) is 0.721. The van der Waals surface area contributed by atoms with E-state index in [1.165, 1.54) is 5.56 Å². The lowest BCUT2D eigenvalue weighted by Gasteiger charge is -2.28. The highest BCUT2D eigenvalue weighted by molar-refractivity contribution is 5.33. The molecule has 1 aromatic rings. The lowest BCUT2D eigenvalue weighted by molar-refractivity contribution is -0.0477. The van der Waals surface area contributed by atoms with Crippen LogP contribution in [-0.4, -0.2) is 41.9 Å². The molecule has 3 rings (SSSR count). The highest BCUT2D eigenvalue weighted by Crippen LogP contribution is 2.26. The summed E-state index contributed by atoms with van der Waals surface area (Å²) in [6.07, 6.45) is 5.20. The summed E-state index contributed by atoms with van der Waals surface area (Å²) in [5.41, 5.74) is 2.34. The summed E-state index contributed by atoms with van der Waals surface area (Å²) in [7, 11) is 0. The Hall–Kier alpha value is -1.20. The molecule has 0 bridgehead atoms. The highest BCUT2D eigenvalue weighted by atomic mass is 16.5. The largest absolute Gasteiger partial charge is 0.475 e. The third-order valence-corrected chi connectivity index (χ3v) is 3.47. The van der Waals surface area contributed by atoms with Gasteiger partial charge in [-0.25, -0.2) is 9.97 Å². The van der Waals surface area contributed by atoms with E-state index >= 15 is 0 Å². The van der Waals surface area contributed by atoms with Gasteiger partial charge in [0.1, 0.15) is 19.0 Å². The number of nitrogens with one attached hydrogen (secondary N) is 1. The summed E-state index contributed by atoms with van der Waals surface area (Å²) in [5, 5.41) is 3.34. The van der Waals surface area contributed by atoms with E-state index in [0.717, 1.165) is 43.9 Å². The lowest BCUT2D eigenvalue weighted by Crippen LogP contribution is -2.45. The van der Waals surface area contributed by atoms with Crippen LogP contribution in [0.1, 0.15) is 24.6 Å². The quantitative estimate of drug-likeness (QED) is 0.855. The molecule has 98 valence electrons. The molecule has 2 unspecified atom stereocenters. The highest BCUT2D eigenvalue weighted by Gasteiger charge is 2.22. The van der Waals surface area contributed by atoms with Crippen LogP contribution in [0, 0.1) is 0 Å². The van der Waals surface area contributed by atoms with Crippen LogP contribution < -0.4 is 10.1 Å². The van der Waals surface area contributed by atoms with E-state index in [0.29, 0.717) is 6.61 Å². The molecule has 0 aromatic carbocycles. The molecule has 5 heteroatoms. The first kappa shape index (κ1) is 11.9. The third-order valence-electron chi connectivity index (χ3n) is 3.47. The van der Waals surface area contributed by atoms with Crippen molar-refractivity contribution < 1.29 is 9.47 Å². The van der Waals surface area contributed by atoms with E-state index in [9.17, 15) is 0 Å². The Balaban J connectivity index is 1.61. The maximum absolute atomic E-state index is 5.82. The molecule has 0 spiro atoms. The van der Waals surface area contributed by atoms with Crippen molar-refractivity contribution in [1.29, 1.82) is 0 Å². The second-order valence-corrected chi connectivity index (χ2v) is 5.00. The molecule has 0 radical (unpaired) electrons. The second-order valence-electron chi connectivity index (χ2n) is 5.00. The molecule has 0 saturated carbocycles. The van der Waals surface area contributed by atoms with Crippen molar-refractivity contribution in [3.05, 3.63) is 17.6 Å². The van der Waals surface area contributed by atoms with Crippen molar-refractivity contribution in [2.45, 2.75) is 38.4 Å². The predicted molar refractivity (Wildman–Crippen MR) is 66.8 cm³/mol.